The average molecular weight is 456 g/mol. The molecule has 18 heteroatoms. The summed E-state index contributed by atoms with van der Waals surface area (Å²) in [7, 11) is 0. The van der Waals surface area contributed by atoms with Crippen molar-refractivity contribution < 1.29 is 49.5 Å². The molecule has 0 saturated carbocycles. The third-order valence-electron chi connectivity index (χ3n) is 3.17. The standard InChI is InChI=1S/2C7H4N2O7/c2*10-7(11)4-2-1-3-5(8(12)13)6(4)16-9(14)15/h2*1-3H,(H,10,11). The molecule has 32 heavy (non-hydrogen) atoms. The Bertz CT molecular complexity index is 963. The first kappa shape index (κ1) is 24.6. The minimum absolute atomic E-state index is 0.647. The number of carbonyl (C=O) groups is 2. The third kappa shape index (κ3) is 6.30. The van der Waals surface area contributed by atoms with E-state index in [9.17, 15) is 50.0 Å². The topological polar surface area (TPSA) is 266 Å². The number of para-hydroxylation sites is 2. The van der Waals surface area contributed by atoms with Crippen LogP contribution in [-0.4, -0.2) is 42.2 Å². The number of benzene rings is 2. The minimum Gasteiger partial charge on any atom is -0.478 e. The molecule has 0 amide bonds. The van der Waals surface area contributed by atoms with Crippen molar-refractivity contribution in [2.45, 2.75) is 0 Å². The molecule has 0 radical (unpaired) electrons. The first-order chi connectivity index (χ1) is 14.9. The molecule has 0 saturated heterocycles. The number of nitrogens with zero attached hydrogens (tertiary/aromatic N) is 4. The smallest absolute Gasteiger partial charge is 0.338 e. The molecule has 0 heterocycles. The van der Waals surface area contributed by atoms with Crippen molar-refractivity contribution in [2.24, 2.45) is 0 Å². The summed E-state index contributed by atoms with van der Waals surface area (Å²) in [6, 6.07) is 5.93. The van der Waals surface area contributed by atoms with Gasteiger partial charge in [0.2, 0.25) is 11.5 Å². The van der Waals surface area contributed by atoms with Gasteiger partial charge < -0.3 is 10.2 Å². The van der Waals surface area contributed by atoms with Gasteiger partial charge in [-0.3, -0.25) is 29.9 Å². The van der Waals surface area contributed by atoms with Crippen LogP contribution in [0.2, 0.25) is 0 Å². The Balaban J connectivity index is 0.000000320. The second-order valence-corrected chi connectivity index (χ2v) is 5.06. The number of nitro groups is 2. The maximum absolute atomic E-state index is 10.7. The van der Waals surface area contributed by atoms with Gasteiger partial charge in [-0.25, -0.2) is 9.59 Å². The van der Waals surface area contributed by atoms with Gasteiger partial charge in [0.15, 0.2) is 0 Å². The van der Waals surface area contributed by atoms with Crippen LogP contribution in [0.15, 0.2) is 36.4 Å². The summed E-state index contributed by atoms with van der Waals surface area (Å²) in [5.41, 5.74) is -2.86. The Kier molecular flexibility index (Phi) is 7.99. The minimum atomic E-state index is -1.56. The fraction of sp³-hybridized carbons (Fsp3) is 0. The van der Waals surface area contributed by atoms with Crippen LogP contribution >= 0.6 is 0 Å². The van der Waals surface area contributed by atoms with Gasteiger partial charge in [0.1, 0.15) is 0 Å². The normalized spacial score (nSPS) is 9.50. The number of carboxylic acids is 2. The van der Waals surface area contributed by atoms with Gasteiger partial charge in [0, 0.05) is 12.1 Å². The van der Waals surface area contributed by atoms with Gasteiger partial charge >= 0.3 is 11.9 Å². The van der Waals surface area contributed by atoms with Crippen molar-refractivity contribution in [3.8, 4) is 11.5 Å². The molecule has 0 aliphatic rings. The summed E-state index contributed by atoms with van der Waals surface area (Å²) in [4.78, 5) is 68.3. The van der Waals surface area contributed by atoms with Crippen LogP contribution in [0.5, 0.6) is 11.5 Å². The zero-order valence-electron chi connectivity index (χ0n) is 15.0. The molecule has 0 aliphatic heterocycles. The molecule has 0 spiro atoms. The van der Waals surface area contributed by atoms with Gasteiger partial charge in [0.05, 0.1) is 21.0 Å². The molecule has 0 aliphatic carbocycles. The van der Waals surface area contributed by atoms with Crippen molar-refractivity contribution in [3.63, 3.8) is 0 Å². The van der Waals surface area contributed by atoms with E-state index < -0.39 is 66.0 Å². The van der Waals surface area contributed by atoms with Gasteiger partial charge in [-0.2, -0.15) is 0 Å². The SMILES string of the molecule is O=C(O)c1cccc([N+](=O)[O-])c1O[N+](=O)[O-].O=C(O)c1cccc([N+](=O)[O-])c1O[N+](=O)[O-]. The summed E-state index contributed by atoms with van der Waals surface area (Å²) in [5.74, 6) is -4.91. The Morgan fingerprint density at radius 3 is 1.19 bits per heavy atom. The Morgan fingerprint density at radius 1 is 0.656 bits per heavy atom. The predicted octanol–water partition coefficient (Wildman–Crippen LogP) is 1.73. The maximum Gasteiger partial charge on any atom is 0.338 e. The van der Waals surface area contributed by atoms with E-state index in [1.54, 1.807) is 0 Å². The van der Waals surface area contributed by atoms with Crippen molar-refractivity contribution in [2.75, 3.05) is 0 Å². The number of carboxylic acid groups (broad SMARTS) is 2. The second kappa shape index (κ2) is 10.4. The van der Waals surface area contributed by atoms with E-state index in [4.69, 9.17) is 10.2 Å². The van der Waals surface area contributed by atoms with Gasteiger partial charge in [-0.15, -0.1) is 20.2 Å². The largest absolute Gasteiger partial charge is 0.478 e. The molecule has 2 rings (SSSR count). The number of hydrogen-bond acceptors (Lipinski definition) is 12. The molecule has 2 N–H and O–H groups in total. The zero-order chi connectivity index (χ0) is 24.6. The fourth-order valence-electron chi connectivity index (χ4n) is 2.01. The Hall–Kier alpha value is -5.42. The van der Waals surface area contributed by atoms with Crippen LogP contribution < -0.4 is 9.68 Å². The molecule has 18 nitrogen and oxygen atoms in total. The first-order valence-corrected chi connectivity index (χ1v) is 7.52. The lowest BCUT2D eigenvalue weighted by molar-refractivity contribution is -0.711. The van der Waals surface area contributed by atoms with E-state index in [0.717, 1.165) is 36.4 Å². The molecule has 2 aromatic rings. The summed E-state index contributed by atoms with van der Waals surface area (Å²) >= 11 is 0. The van der Waals surface area contributed by atoms with Crippen LogP contribution in [0.3, 0.4) is 0 Å². The summed E-state index contributed by atoms with van der Waals surface area (Å²) in [6.45, 7) is 0. The summed E-state index contributed by atoms with van der Waals surface area (Å²) in [5, 5.41) is 55.8. The fourth-order valence-corrected chi connectivity index (χ4v) is 2.01. The van der Waals surface area contributed by atoms with Gasteiger partial charge in [-0.05, 0) is 12.1 Å². The summed E-state index contributed by atoms with van der Waals surface area (Å²) in [6.07, 6.45) is 0. The molecule has 0 aromatic heterocycles. The number of hydrogen-bond donors (Lipinski definition) is 2. The van der Waals surface area contributed by atoms with Crippen molar-refractivity contribution in [1.82, 2.24) is 0 Å². The highest BCUT2D eigenvalue weighted by molar-refractivity contribution is 5.93. The number of nitro benzene ring substituents is 2. The zero-order valence-corrected chi connectivity index (χ0v) is 15.0. The lowest BCUT2D eigenvalue weighted by atomic mass is 10.2. The van der Waals surface area contributed by atoms with E-state index >= 15 is 0 Å². The molecule has 0 bridgehead atoms. The first-order valence-electron chi connectivity index (χ1n) is 7.52. The van der Waals surface area contributed by atoms with Crippen molar-refractivity contribution in [1.29, 1.82) is 0 Å². The summed E-state index contributed by atoms with van der Waals surface area (Å²) < 4.78 is 0. The highest BCUT2D eigenvalue weighted by Gasteiger charge is 2.25. The predicted molar refractivity (Wildman–Crippen MR) is 95.4 cm³/mol. The lowest BCUT2D eigenvalue weighted by Gasteiger charge is -2.03. The van der Waals surface area contributed by atoms with Crippen LogP contribution in [0.1, 0.15) is 20.7 Å². The molecular weight excluding hydrogens is 448 g/mol. The molecule has 168 valence electrons. The number of aromatic carboxylic acids is 2. The van der Waals surface area contributed by atoms with Crippen LogP contribution in [0.25, 0.3) is 0 Å². The highest BCUT2D eigenvalue weighted by atomic mass is 17.0. The third-order valence-corrected chi connectivity index (χ3v) is 3.17. The monoisotopic (exact) mass is 456 g/mol. The molecule has 2 aromatic carbocycles. The second-order valence-electron chi connectivity index (χ2n) is 5.06. The Morgan fingerprint density at radius 2 is 0.969 bits per heavy atom. The Labute approximate surface area is 173 Å². The lowest BCUT2D eigenvalue weighted by Crippen LogP contribution is -2.10. The van der Waals surface area contributed by atoms with Crippen LogP contribution in [0, 0.1) is 40.5 Å². The van der Waals surface area contributed by atoms with Gasteiger partial charge in [0.25, 0.3) is 21.5 Å². The van der Waals surface area contributed by atoms with E-state index in [0.29, 0.717) is 0 Å². The molecule has 0 fully saturated rings. The highest BCUT2D eigenvalue weighted by Crippen LogP contribution is 2.31. The number of rotatable bonds is 8. The van der Waals surface area contributed by atoms with E-state index in [1.807, 2.05) is 0 Å². The van der Waals surface area contributed by atoms with Crippen molar-refractivity contribution >= 4 is 23.3 Å². The quantitative estimate of drug-likeness (QED) is 0.423. The maximum atomic E-state index is 10.7. The van der Waals surface area contributed by atoms with E-state index in [1.165, 1.54) is 0 Å². The van der Waals surface area contributed by atoms with Crippen molar-refractivity contribution in [3.05, 3.63) is 88.0 Å². The molecule has 0 unspecified atom stereocenters. The van der Waals surface area contributed by atoms with Gasteiger partial charge in [-0.1, -0.05) is 12.1 Å². The molecule has 0 atom stereocenters. The van der Waals surface area contributed by atoms with Crippen LogP contribution in [0.4, 0.5) is 11.4 Å². The molecular formula is C14H8N4O14. The van der Waals surface area contributed by atoms with E-state index in [-0.39, 0.29) is 0 Å². The average Bonchev–Trinajstić information content (AvgIpc) is 2.67. The van der Waals surface area contributed by atoms with E-state index in [2.05, 4.69) is 9.68 Å². The van der Waals surface area contributed by atoms with Crippen LogP contribution in [-0.2, 0) is 0 Å².